The van der Waals surface area contributed by atoms with Crippen LogP contribution in [-0.4, -0.2) is 18.3 Å². The lowest BCUT2D eigenvalue weighted by Crippen LogP contribution is -2.31. The smallest absolute Gasteiger partial charge is 0.277 e. The molecule has 1 aromatic rings. The van der Waals surface area contributed by atoms with Gasteiger partial charge in [-0.3, -0.25) is 5.32 Å². The number of pyridine rings is 1. The second-order valence-electron chi connectivity index (χ2n) is 2.32. The Morgan fingerprint density at radius 2 is 2.33 bits per heavy atom. The number of nitrogens with two attached hydrogens (primary N) is 1. The lowest BCUT2D eigenvalue weighted by Gasteiger charge is -2.07. The molecule has 5 heteroatoms. The molecule has 66 valence electrons. The van der Waals surface area contributed by atoms with Crippen molar-refractivity contribution >= 4 is 11.5 Å². The van der Waals surface area contributed by atoms with Gasteiger partial charge in [-0.15, -0.1) is 0 Å². The van der Waals surface area contributed by atoms with Crippen molar-refractivity contribution in [3.05, 3.63) is 23.5 Å². The largest absolute Gasteiger partial charge is 0.711 e. The van der Waals surface area contributed by atoms with Gasteiger partial charge in [0.25, 0.3) is 5.82 Å². The maximum atomic E-state index is 11.0. The van der Waals surface area contributed by atoms with Crippen LogP contribution in [0.2, 0.25) is 0 Å². The zero-order chi connectivity index (χ0) is 8.97. The summed E-state index contributed by atoms with van der Waals surface area (Å²) < 4.78 is 0.630. The number of rotatable bonds is 3. The van der Waals surface area contributed by atoms with E-state index in [1.54, 1.807) is 12.1 Å². The maximum absolute atomic E-state index is 11.0. The molecule has 4 N–H and O–H groups in total. The topological polar surface area (TPSA) is 85.2 Å². The fourth-order valence-electron chi connectivity index (χ4n) is 0.817. The number of aliphatic hydroxyl groups is 1. The van der Waals surface area contributed by atoms with E-state index in [1.165, 1.54) is 6.20 Å². The van der Waals surface area contributed by atoms with Gasteiger partial charge in [0, 0.05) is 6.07 Å². The van der Waals surface area contributed by atoms with E-state index in [0.29, 0.717) is 22.8 Å². The van der Waals surface area contributed by atoms with E-state index in [4.69, 9.17) is 10.8 Å². The van der Waals surface area contributed by atoms with Crippen LogP contribution in [0.25, 0.3) is 0 Å². The summed E-state index contributed by atoms with van der Waals surface area (Å²) in [5, 5.41) is 22.2. The molecular formula is C7H11N3O2. The van der Waals surface area contributed by atoms with Gasteiger partial charge in [0.2, 0.25) is 0 Å². The van der Waals surface area contributed by atoms with Crippen molar-refractivity contribution < 1.29 is 9.84 Å². The highest BCUT2D eigenvalue weighted by atomic mass is 16.5. The average Bonchev–Trinajstić information content (AvgIpc) is 2.03. The van der Waals surface area contributed by atoms with Crippen LogP contribution in [0.4, 0.5) is 11.5 Å². The number of aliphatic hydroxyl groups excluding tert-OH is 1. The van der Waals surface area contributed by atoms with Crippen LogP contribution in [0.15, 0.2) is 18.3 Å². The third kappa shape index (κ3) is 2.00. The maximum Gasteiger partial charge on any atom is 0.277 e. The summed E-state index contributed by atoms with van der Waals surface area (Å²) in [5.41, 5.74) is 5.77. The highest BCUT2D eigenvalue weighted by Gasteiger charge is 2.01. The molecule has 0 aromatic carbocycles. The summed E-state index contributed by atoms with van der Waals surface area (Å²) >= 11 is 0. The van der Waals surface area contributed by atoms with Crippen LogP contribution in [0.3, 0.4) is 0 Å². The highest BCUT2D eigenvalue weighted by Crippen LogP contribution is 2.02. The molecule has 0 saturated heterocycles. The van der Waals surface area contributed by atoms with Crippen molar-refractivity contribution in [2.45, 2.75) is 0 Å². The lowest BCUT2D eigenvalue weighted by atomic mass is 10.4. The summed E-state index contributed by atoms with van der Waals surface area (Å²) in [6, 6.07) is 3.19. The van der Waals surface area contributed by atoms with Gasteiger partial charge in [0.05, 0.1) is 12.3 Å². The number of nitrogens with one attached hydrogen (secondary N) is 1. The predicted octanol–water partition coefficient (Wildman–Crippen LogP) is -0.694. The molecule has 0 radical (unpaired) electrons. The fourth-order valence-corrected chi connectivity index (χ4v) is 0.817. The van der Waals surface area contributed by atoms with E-state index in [2.05, 4.69) is 5.32 Å². The highest BCUT2D eigenvalue weighted by molar-refractivity contribution is 5.39. The van der Waals surface area contributed by atoms with E-state index in [9.17, 15) is 5.21 Å². The molecule has 12 heavy (non-hydrogen) atoms. The molecule has 1 aromatic heterocycles. The Morgan fingerprint density at radius 1 is 1.58 bits per heavy atom. The summed E-state index contributed by atoms with van der Waals surface area (Å²) in [6.07, 6.45) is 1.26. The molecule has 1 heterocycles. The van der Waals surface area contributed by atoms with E-state index in [-0.39, 0.29) is 6.61 Å². The SMILES string of the molecule is Nc1ccc(NCCO)[n+]([O-])c1. The van der Waals surface area contributed by atoms with Gasteiger partial charge in [0.15, 0.2) is 0 Å². The first-order valence-electron chi connectivity index (χ1n) is 3.57. The van der Waals surface area contributed by atoms with Crippen molar-refractivity contribution in [2.75, 3.05) is 24.2 Å². The van der Waals surface area contributed by atoms with Gasteiger partial charge in [-0.05, 0) is 6.07 Å². The average molecular weight is 169 g/mol. The standard InChI is InChI=1S/C7H11N3O2/c8-6-1-2-7(9-3-4-11)10(12)5-6/h1-2,5,9,11H,3-4,8H2. The zero-order valence-electron chi connectivity index (χ0n) is 6.53. The van der Waals surface area contributed by atoms with Crippen LogP contribution in [-0.2, 0) is 0 Å². The van der Waals surface area contributed by atoms with E-state index in [1.807, 2.05) is 0 Å². The van der Waals surface area contributed by atoms with Gasteiger partial charge in [0.1, 0.15) is 12.7 Å². The number of nitrogens with zero attached hydrogens (tertiary/aromatic N) is 1. The molecule has 0 aliphatic carbocycles. The van der Waals surface area contributed by atoms with Crippen molar-refractivity contribution in [1.82, 2.24) is 0 Å². The summed E-state index contributed by atoms with van der Waals surface area (Å²) in [7, 11) is 0. The Hall–Kier alpha value is -1.49. The summed E-state index contributed by atoms with van der Waals surface area (Å²) in [5.74, 6) is 0.387. The second-order valence-corrected chi connectivity index (χ2v) is 2.32. The molecule has 0 unspecified atom stereocenters. The first-order chi connectivity index (χ1) is 5.74. The minimum absolute atomic E-state index is 0.00955. The van der Waals surface area contributed by atoms with Crippen LogP contribution in [0.1, 0.15) is 0 Å². The number of aromatic nitrogens is 1. The van der Waals surface area contributed by atoms with Crippen molar-refractivity contribution in [3.63, 3.8) is 0 Å². The number of hydrogen-bond acceptors (Lipinski definition) is 4. The van der Waals surface area contributed by atoms with Gasteiger partial charge < -0.3 is 16.0 Å². The third-order valence-electron chi connectivity index (χ3n) is 1.36. The lowest BCUT2D eigenvalue weighted by molar-refractivity contribution is -0.589. The molecule has 0 spiro atoms. The van der Waals surface area contributed by atoms with Crippen molar-refractivity contribution in [1.29, 1.82) is 0 Å². The first-order valence-corrected chi connectivity index (χ1v) is 3.57. The van der Waals surface area contributed by atoms with E-state index < -0.39 is 0 Å². The van der Waals surface area contributed by atoms with Crippen LogP contribution in [0, 0.1) is 5.21 Å². The molecule has 0 fully saturated rings. The zero-order valence-corrected chi connectivity index (χ0v) is 6.53. The molecule has 5 nitrogen and oxygen atoms in total. The van der Waals surface area contributed by atoms with Gasteiger partial charge in [-0.25, -0.2) is 4.73 Å². The predicted molar refractivity (Wildman–Crippen MR) is 45.4 cm³/mol. The minimum atomic E-state index is -0.00955. The Kier molecular flexibility index (Phi) is 2.71. The monoisotopic (exact) mass is 169 g/mol. The van der Waals surface area contributed by atoms with Gasteiger partial charge in [-0.1, -0.05) is 0 Å². The summed E-state index contributed by atoms with van der Waals surface area (Å²) in [4.78, 5) is 0. The molecule has 0 amide bonds. The molecule has 1 rings (SSSR count). The quantitative estimate of drug-likeness (QED) is 0.413. The Labute approximate surface area is 70.0 Å². The van der Waals surface area contributed by atoms with Crippen LogP contribution >= 0.6 is 0 Å². The first kappa shape index (κ1) is 8.61. The van der Waals surface area contributed by atoms with Gasteiger partial charge in [-0.2, -0.15) is 0 Å². The Bertz CT molecular complexity index is 265. The summed E-state index contributed by atoms with van der Waals surface area (Å²) in [6.45, 7) is 0.344. The number of nitrogen functional groups attached to an aromatic ring is 1. The van der Waals surface area contributed by atoms with E-state index in [0.717, 1.165) is 0 Å². The van der Waals surface area contributed by atoms with Crippen LogP contribution < -0.4 is 15.8 Å². The molecule has 0 saturated carbocycles. The minimum Gasteiger partial charge on any atom is -0.711 e. The van der Waals surface area contributed by atoms with Crippen molar-refractivity contribution in [3.8, 4) is 0 Å². The molecule has 0 aliphatic rings. The van der Waals surface area contributed by atoms with Crippen molar-refractivity contribution in [2.24, 2.45) is 0 Å². The van der Waals surface area contributed by atoms with E-state index >= 15 is 0 Å². The third-order valence-corrected chi connectivity index (χ3v) is 1.36. The molecular weight excluding hydrogens is 158 g/mol. The second kappa shape index (κ2) is 3.77. The van der Waals surface area contributed by atoms with Crippen LogP contribution in [0.5, 0.6) is 0 Å². The number of anilines is 2. The molecule has 0 atom stereocenters. The molecule has 0 aliphatic heterocycles. The van der Waals surface area contributed by atoms with Gasteiger partial charge >= 0.3 is 0 Å². The Morgan fingerprint density at radius 3 is 2.92 bits per heavy atom. The Balaban J connectivity index is 2.72. The fraction of sp³-hybridized carbons (Fsp3) is 0.286. The normalized spacial score (nSPS) is 9.75. The number of hydrogen-bond donors (Lipinski definition) is 3. The molecule has 0 bridgehead atoms.